The van der Waals surface area contributed by atoms with Crippen molar-refractivity contribution >= 4 is 11.9 Å². The standard InChI is InChI=1S/C12H16N2O4/c13-8-4-7-12(14,10(15)16)11(17)18-9-5-2-1-3-6-9/h1-3,5-6H,4,7-8,13-14H2,(H,15,16). The number of aliphatic carboxylic acids is 1. The van der Waals surface area contributed by atoms with Gasteiger partial charge in [-0.2, -0.15) is 0 Å². The second-order valence-corrected chi connectivity index (χ2v) is 3.87. The summed E-state index contributed by atoms with van der Waals surface area (Å²) in [6, 6.07) is 8.17. The van der Waals surface area contributed by atoms with Gasteiger partial charge in [-0.3, -0.25) is 0 Å². The summed E-state index contributed by atoms with van der Waals surface area (Å²) in [5.74, 6) is -2.15. The van der Waals surface area contributed by atoms with E-state index in [1.165, 1.54) is 0 Å². The van der Waals surface area contributed by atoms with Gasteiger partial charge in [0.15, 0.2) is 0 Å². The largest absolute Gasteiger partial charge is 0.479 e. The Morgan fingerprint density at radius 1 is 1.28 bits per heavy atom. The summed E-state index contributed by atoms with van der Waals surface area (Å²) >= 11 is 0. The van der Waals surface area contributed by atoms with E-state index < -0.39 is 17.5 Å². The number of hydrogen-bond acceptors (Lipinski definition) is 5. The zero-order valence-corrected chi connectivity index (χ0v) is 9.83. The number of nitrogens with two attached hydrogens (primary N) is 2. The first-order chi connectivity index (χ1) is 8.50. The molecule has 1 unspecified atom stereocenters. The van der Waals surface area contributed by atoms with Gasteiger partial charge in [0.2, 0.25) is 5.54 Å². The van der Waals surface area contributed by atoms with Crippen LogP contribution >= 0.6 is 0 Å². The first-order valence-corrected chi connectivity index (χ1v) is 5.50. The molecule has 0 spiro atoms. The highest BCUT2D eigenvalue weighted by Crippen LogP contribution is 2.16. The highest BCUT2D eigenvalue weighted by atomic mass is 16.5. The van der Waals surface area contributed by atoms with Gasteiger partial charge in [-0.25, -0.2) is 9.59 Å². The number of esters is 1. The van der Waals surface area contributed by atoms with Crippen LogP contribution in [0.15, 0.2) is 30.3 Å². The van der Waals surface area contributed by atoms with E-state index in [4.69, 9.17) is 21.3 Å². The molecule has 0 aromatic heterocycles. The molecule has 0 aliphatic carbocycles. The SMILES string of the molecule is NCCCC(N)(C(=O)O)C(=O)Oc1ccccc1. The third-order valence-electron chi connectivity index (χ3n) is 2.47. The van der Waals surface area contributed by atoms with Gasteiger partial charge < -0.3 is 21.3 Å². The van der Waals surface area contributed by atoms with Crippen molar-refractivity contribution in [1.29, 1.82) is 0 Å². The van der Waals surface area contributed by atoms with Crippen LogP contribution in [0, 0.1) is 0 Å². The third-order valence-corrected chi connectivity index (χ3v) is 2.47. The molecule has 6 heteroatoms. The van der Waals surface area contributed by atoms with Crippen LogP contribution in [-0.2, 0) is 9.59 Å². The van der Waals surface area contributed by atoms with E-state index in [0.717, 1.165) is 0 Å². The minimum Gasteiger partial charge on any atom is -0.479 e. The smallest absolute Gasteiger partial charge is 0.343 e. The Bertz CT molecular complexity index is 421. The van der Waals surface area contributed by atoms with E-state index in [0.29, 0.717) is 6.42 Å². The van der Waals surface area contributed by atoms with Crippen LogP contribution < -0.4 is 16.2 Å². The minimum atomic E-state index is -2.06. The van der Waals surface area contributed by atoms with Crippen LogP contribution in [0.1, 0.15) is 12.8 Å². The molecule has 0 saturated carbocycles. The Morgan fingerprint density at radius 2 is 1.89 bits per heavy atom. The molecular weight excluding hydrogens is 236 g/mol. The maximum Gasteiger partial charge on any atom is 0.343 e. The summed E-state index contributed by atoms with van der Waals surface area (Å²) in [6.45, 7) is 0.255. The topological polar surface area (TPSA) is 116 Å². The Hall–Kier alpha value is -1.92. The predicted molar refractivity (Wildman–Crippen MR) is 64.9 cm³/mol. The van der Waals surface area contributed by atoms with Gasteiger partial charge >= 0.3 is 11.9 Å². The molecular formula is C12H16N2O4. The summed E-state index contributed by atoms with van der Waals surface area (Å²) in [5, 5.41) is 9.04. The van der Waals surface area contributed by atoms with E-state index in [1.54, 1.807) is 30.3 Å². The molecule has 0 aliphatic heterocycles. The van der Waals surface area contributed by atoms with Crippen molar-refractivity contribution in [2.45, 2.75) is 18.4 Å². The fourth-order valence-corrected chi connectivity index (χ4v) is 1.36. The van der Waals surface area contributed by atoms with Crippen molar-refractivity contribution in [3.05, 3.63) is 30.3 Å². The number of carboxylic acids is 1. The molecule has 0 aliphatic rings. The Kier molecular flexibility index (Phi) is 4.82. The van der Waals surface area contributed by atoms with Crippen LogP contribution in [0.2, 0.25) is 0 Å². The van der Waals surface area contributed by atoms with Crippen molar-refractivity contribution in [1.82, 2.24) is 0 Å². The summed E-state index contributed by atoms with van der Waals surface area (Å²) < 4.78 is 4.95. The summed E-state index contributed by atoms with van der Waals surface area (Å²) in [5.41, 5.74) is 8.82. The third kappa shape index (κ3) is 3.28. The monoisotopic (exact) mass is 252 g/mol. The lowest BCUT2D eigenvalue weighted by Crippen LogP contribution is -2.57. The van der Waals surface area contributed by atoms with Gasteiger partial charge in [0.05, 0.1) is 0 Å². The van der Waals surface area contributed by atoms with Crippen molar-refractivity contribution in [2.75, 3.05) is 6.54 Å². The number of carboxylic acid groups (broad SMARTS) is 1. The maximum atomic E-state index is 11.8. The molecule has 1 atom stereocenters. The number of rotatable bonds is 6. The van der Waals surface area contributed by atoms with Gasteiger partial charge in [-0.15, -0.1) is 0 Å². The molecule has 0 fully saturated rings. The fourth-order valence-electron chi connectivity index (χ4n) is 1.36. The molecule has 98 valence electrons. The van der Waals surface area contributed by atoms with Crippen LogP contribution in [0.25, 0.3) is 0 Å². The van der Waals surface area contributed by atoms with Gasteiger partial charge in [-0.05, 0) is 31.5 Å². The number of ether oxygens (including phenoxy) is 1. The van der Waals surface area contributed by atoms with Gasteiger partial charge in [0.1, 0.15) is 5.75 Å². The average molecular weight is 252 g/mol. The van der Waals surface area contributed by atoms with E-state index in [2.05, 4.69) is 0 Å². The number of para-hydroxylation sites is 1. The molecule has 0 bridgehead atoms. The summed E-state index contributed by atoms with van der Waals surface area (Å²) in [6.07, 6.45) is 0.261. The minimum absolute atomic E-state index is 0.0650. The highest BCUT2D eigenvalue weighted by Gasteiger charge is 2.43. The number of benzene rings is 1. The summed E-state index contributed by atoms with van der Waals surface area (Å²) in [4.78, 5) is 22.9. The van der Waals surface area contributed by atoms with E-state index in [-0.39, 0.29) is 18.7 Å². The molecule has 18 heavy (non-hydrogen) atoms. The van der Waals surface area contributed by atoms with Crippen molar-refractivity contribution in [3.8, 4) is 5.75 Å². The normalized spacial score (nSPS) is 13.7. The molecule has 0 heterocycles. The molecule has 5 N–H and O–H groups in total. The quantitative estimate of drug-likeness (QED) is 0.376. The highest BCUT2D eigenvalue weighted by molar-refractivity contribution is 6.04. The van der Waals surface area contributed by atoms with E-state index in [1.807, 2.05) is 0 Å². The zero-order chi connectivity index (χ0) is 13.6. The lowest BCUT2D eigenvalue weighted by Gasteiger charge is -2.22. The van der Waals surface area contributed by atoms with Crippen LogP contribution in [0.5, 0.6) is 5.75 Å². The van der Waals surface area contributed by atoms with Crippen molar-refractivity contribution in [3.63, 3.8) is 0 Å². The van der Waals surface area contributed by atoms with E-state index >= 15 is 0 Å². The number of carbonyl (C=O) groups is 2. The van der Waals surface area contributed by atoms with Crippen LogP contribution in [-0.4, -0.2) is 29.1 Å². The molecule has 0 saturated heterocycles. The van der Waals surface area contributed by atoms with Gasteiger partial charge in [0.25, 0.3) is 0 Å². The molecule has 6 nitrogen and oxygen atoms in total. The van der Waals surface area contributed by atoms with Gasteiger partial charge in [-0.1, -0.05) is 18.2 Å². The predicted octanol–water partition coefficient (Wildman–Crippen LogP) is 0.113. The fraction of sp³-hybridized carbons (Fsp3) is 0.333. The second-order valence-electron chi connectivity index (χ2n) is 3.87. The second kappa shape index (κ2) is 6.13. The maximum absolute atomic E-state index is 11.8. The zero-order valence-electron chi connectivity index (χ0n) is 9.83. The molecule has 0 radical (unpaired) electrons. The van der Waals surface area contributed by atoms with Gasteiger partial charge in [0, 0.05) is 0 Å². The summed E-state index contributed by atoms with van der Waals surface area (Å²) in [7, 11) is 0. The van der Waals surface area contributed by atoms with Crippen LogP contribution in [0.4, 0.5) is 0 Å². The molecule has 1 rings (SSSR count). The van der Waals surface area contributed by atoms with Crippen molar-refractivity contribution < 1.29 is 19.4 Å². The molecule has 1 aromatic carbocycles. The lowest BCUT2D eigenvalue weighted by atomic mass is 9.95. The molecule has 0 amide bonds. The number of carbonyl (C=O) groups excluding carboxylic acids is 1. The first-order valence-electron chi connectivity index (χ1n) is 5.50. The average Bonchev–Trinajstić information content (AvgIpc) is 2.36. The Morgan fingerprint density at radius 3 is 2.39 bits per heavy atom. The lowest BCUT2D eigenvalue weighted by molar-refractivity contribution is -0.155. The van der Waals surface area contributed by atoms with Crippen LogP contribution in [0.3, 0.4) is 0 Å². The van der Waals surface area contributed by atoms with Crippen molar-refractivity contribution in [2.24, 2.45) is 11.5 Å². The number of hydrogen-bond donors (Lipinski definition) is 3. The Labute approximate surface area is 105 Å². The Balaban J connectivity index is 2.80. The molecule has 1 aromatic rings. The first kappa shape index (κ1) is 14.1. The van der Waals surface area contributed by atoms with E-state index in [9.17, 15) is 9.59 Å².